The summed E-state index contributed by atoms with van der Waals surface area (Å²) in [5, 5.41) is 0. The average Bonchev–Trinajstić information content (AvgIpc) is 2.33. The second-order valence-corrected chi connectivity index (χ2v) is 4.60. The van der Waals surface area contributed by atoms with Crippen LogP contribution in [0.25, 0.3) is 0 Å². The summed E-state index contributed by atoms with van der Waals surface area (Å²) in [5.74, 6) is 0.664. The number of benzene rings is 1. The molecule has 0 aromatic heterocycles. The lowest BCUT2D eigenvalue weighted by molar-refractivity contribution is 0.265. The van der Waals surface area contributed by atoms with Crippen molar-refractivity contribution < 1.29 is 0 Å². The molecule has 0 radical (unpaired) electrons. The highest BCUT2D eigenvalue weighted by molar-refractivity contribution is 5.88. The van der Waals surface area contributed by atoms with Crippen LogP contribution < -0.4 is 0 Å². The first kappa shape index (κ1) is 11.3. The molecule has 1 heterocycles. The number of likely N-dealkylation sites (tertiary alicyclic amines) is 1. The quantitative estimate of drug-likeness (QED) is 0.742. The predicted molar refractivity (Wildman–Crippen MR) is 68.9 cm³/mol. The topological polar surface area (TPSA) is 15.6 Å². The van der Waals surface area contributed by atoms with Gasteiger partial charge in [-0.15, -0.1) is 0 Å². The molecular formula is C14H20N2. The van der Waals surface area contributed by atoms with Crippen LogP contribution in [-0.2, 0) is 6.54 Å². The van der Waals surface area contributed by atoms with E-state index in [0.29, 0.717) is 5.92 Å². The Morgan fingerprint density at radius 1 is 1.31 bits per heavy atom. The molecule has 0 spiro atoms. The molecule has 2 nitrogen and oxygen atoms in total. The van der Waals surface area contributed by atoms with Gasteiger partial charge in [0.15, 0.2) is 0 Å². The van der Waals surface area contributed by atoms with Crippen molar-refractivity contribution in [3.05, 3.63) is 35.9 Å². The summed E-state index contributed by atoms with van der Waals surface area (Å²) in [6, 6.07) is 10.7. The van der Waals surface area contributed by atoms with Gasteiger partial charge >= 0.3 is 0 Å². The van der Waals surface area contributed by atoms with Gasteiger partial charge in [0.05, 0.1) is 0 Å². The van der Waals surface area contributed by atoms with Gasteiger partial charge in [0.25, 0.3) is 0 Å². The maximum atomic E-state index is 4.40. The van der Waals surface area contributed by atoms with Crippen LogP contribution in [0.2, 0.25) is 0 Å². The van der Waals surface area contributed by atoms with Crippen LogP contribution in [0.15, 0.2) is 35.3 Å². The van der Waals surface area contributed by atoms with E-state index in [1.165, 1.54) is 24.2 Å². The number of hydrogen-bond acceptors (Lipinski definition) is 2. The Kier molecular flexibility index (Phi) is 3.73. The molecule has 16 heavy (non-hydrogen) atoms. The zero-order valence-electron chi connectivity index (χ0n) is 10.2. The molecule has 0 bridgehead atoms. The third kappa shape index (κ3) is 2.70. The van der Waals surface area contributed by atoms with Crippen molar-refractivity contribution in [2.45, 2.75) is 19.9 Å². The van der Waals surface area contributed by atoms with E-state index in [4.69, 9.17) is 0 Å². The molecule has 0 aliphatic carbocycles. The van der Waals surface area contributed by atoms with Crippen LogP contribution in [0.1, 0.15) is 18.9 Å². The maximum absolute atomic E-state index is 4.40. The van der Waals surface area contributed by atoms with Gasteiger partial charge < -0.3 is 0 Å². The molecule has 1 aromatic carbocycles. The van der Waals surface area contributed by atoms with Gasteiger partial charge in [0, 0.05) is 25.8 Å². The predicted octanol–water partition coefficient (Wildman–Crippen LogP) is 2.60. The fourth-order valence-corrected chi connectivity index (χ4v) is 2.27. The van der Waals surface area contributed by atoms with E-state index in [9.17, 15) is 0 Å². The first-order chi connectivity index (χ1) is 7.79. The van der Waals surface area contributed by atoms with Crippen LogP contribution in [0.5, 0.6) is 0 Å². The van der Waals surface area contributed by atoms with Crippen molar-refractivity contribution in [3.8, 4) is 0 Å². The van der Waals surface area contributed by atoms with Crippen molar-refractivity contribution in [3.63, 3.8) is 0 Å². The highest BCUT2D eigenvalue weighted by atomic mass is 15.1. The number of aliphatic imine (C=N–C) groups is 1. The number of piperidine rings is 1. The number of nitrogens with zero attached hydrogens (tertiary/aromatic N) is 2. The highest BCUT2D eigenvalue weighted by Crippen LogP contribution is 2.16. The molecule has 0 amide bonds. The van der Waals surface area contributed by atoms with Gasteiger partial charge in [-0.1, -0.05) is 37.3 Å². The summed E-state index contributed by atoms with van der Waals surface area (Å²) in [6.07, 6.45) is 1.24. The normalized spacial score (nSPS) is 24.9. The van der Waals surface area contributed by atoms with E-state index in [2.05, 4.69) is 47.1 Å². The molecule has 2 rings (SSSR count). The summed E-state index contributed by atoms with van der Waals surface area (Å²) in [7, 11) is 1.91. The van der Waals surface area contributed by atoms with Crippen LogP contribution in [0.3, 0.4) is 0 Å². The molecule has 2 heteroatoms. The monoisotopic (exact) mass is 216 g/mol. The molecule has 1 unspecified atom stereocenters. The van der Waals surface area contributed by atoms with E-state index in [1.807, 2.05) is 7.05 Å². The summed E-state index contributed by atoms with van der Waals surface area (Å²) >= 11 is 0. The molecule has 1 atom stereocenters. The minimum Gasteiger partial charge on any atom is -0.296 e. The van der Waals surface area contributed by atoms with Gasteiger partial charge in [-0.05, 0) is 24.4 Å². The third-order valence-corrected chi connectivity index (χ3v) is 3.37. The lowest BCUT2D eigenvalue weighted by Crippen LogP contribution is -2.39. The molecule has 1 aliphatic rings. The second-order valence-electron chi connectivity index (χ2n) is 4.60. The van der Waals surface area contributed by atoms with Crippen LogP contribution >= 0.6 is 0 Å². The largest absolute Gasteiger partial charge is 0.296 e. The average molecular weight is 216 g/mol. The number of rotatable bonds is 2. The van der Waals surface area contributed by atoms with Crippen molar-refractivity contribution in [1.29, 1.82) is 0 Å². The lowest BCUT2D eigenvalue weighted by Gasteiger charge is -2.31. The molecular weight excluding hydrogens is 196 g/mol. The molecule has 0 saturated carbocycles. The minimum absolute atomic E-state index is 0.664. The molecule has 86 valence electrons. The summed E-state index contributed by atoms with van der Waals surface area (Å²) in [6.45, 7) is 5.55. The third-order valence-electron chi connectivity index (χ3n) is 3.37. The molecule has 1 saturated heterocycles. The zero-order chi connectivity index (χ0) is 11.4. The van der Waals surface area contributed by atoms with Crippen molar-refractivity contribution >= 4 is 5.71 Å². The van der Waals surface area contributed by atoms with Gasteiger partial charge in [-0.2, -0.15) is 0 Å². The Bertz CT molecular complexity index is 356. The van der Waals surface area contributed by atoms with Gasteiger partial charge in [0.2, 0.25) is 0 Å². The number of hydrogen-bond donors (Lipinski definition) is 0. The Morgan fingerprint density at radius 2 is 2.06 bits per heavy atom. The van der Waals surface area contributed by atoms with Gasteiger partial charge in [0.1, 0.15) is 0 Å². The van der Waals surface area contributed by atoms with E-state index >= 15 is 0 Å². The first-order valence-electron chi connectivity index (χ1n) is 6.01. The maximum Gasteiger partial charge on any atom is 0.0369 e. The van der Waals surface area contributed by atoms with Gasteiger partial charge in [-0.3, -0.25) is 9.89 Å². The zero-order valence-corrected chi connectivity index (χ0v) is 10.2. The van der Waals surface area contributed by atoms with Crippen LogP contribution in [-0.4, -0.2) is 30.7 Å². The Morgan fingerprint density at radius 3 is 2.75 bits per heavy atom. The van der Waals surface area contributed by atoms with E-state index < -0.39 is 0 Å². The van der Waals surface area contributed by atoms with Crippen molar-refractivity contribution in [1.82, 2.24) is 4.90 Å². The first-order valence-corrected chi connectivity index (χ1v) is 6.01. The van der Waals surface area contributed by atoms with Gasteiger partial charge in [-0.25, -0.2) is 0 Å². The second kappa shape index (κ2) is 5.26. The smallest absolute Gasteiger partial charge is 0.0369 e. The fraction of sp³-hybridized carbons (Fsp3) is 0.500. The van der Waals surface area contributed by atoms with Crippen molar-refractivity contribution in [2.75, 3.05) is 20.1 Å². The Hall–Kier alpha value is -1.15. The molecule has 1 fully saturated rings. The SMILES string of the molecule is CN=C1CN(Cc2ccccc2)CCC1C. The lowest BCUT2D eigenvalue weighted by atomic mass is 9.96. The summed E-state index contributed by atoms with van der Waals surface area (Å²) in [4.78, 5) is 6.88. The summed E-state index contributed by atoms with van der Waals surface area (Å²) in [5.41, 5.74) is 2.75. The highest BCUT2D eigenvalue weighted by Gasteiger charge is 2.20. The molecule has 0 N–H and O–H groups in total. The van der Waals surface area contributed by atoms with E-state index in [1.54, 1.807) is 0 Å². The van der Waals surface area contributed by atoms with E-state index in [-0.39, 0.29) is 0 Å². The fourth-order valence-electron chi connectivity index (χ4n) is 2.27. The van der Waals surface area contributed by atoms with Crippen LogP contribution in [0.4, 0.5) is 0 Å². The standard InChI is InChI=1S/C14H20N2/c1-12-8-9-16(11-14(12)15-2)10-13-6-4-3-5-7-13/h3-7,12H,8-11H2,1-2H3. The molecule has 1 aromatic rings. The minimum atomic E-state index is 0.664. The van der Waals surface area contributed by atoms with Crippen LogP contribution in [0, 0.1) is 5.92 Å². The van der Waals surface area contributed by atoms with E-state index in [0.717, 1.165) is 13.1 Å². The summed E-state index contributed by atoms with van der Waals surface area (Å²) < 4.78 is 0. The Labute approximate surface area is 98.0 Å². The molecule has 1 aliphatic heterocycles. The Balaban J connectivity index is 1.97. The van der Waals surface area contributed by atoms with Crippen molar-refractivity contribution in [2.24, 2.45) is 10.9 Å².